The molecule has 1 aromatic heterocycles. The molecule has 0 aliphatic heterocycles. The first kappa shape index (κ1) is 15.5. The van der Waals surface area contributed by atoms with Crippen LogP contribution in [0.25, 0.3) is 0 Å². The van der Waals surface area contributed by atoms with E-state index in [0.29, 0.717) is 17.6 Å². The van der Waals surface area contributed by atoms with Crippen molar-refractivity contribution in [2.45, 2.75) is 32.8 Å². The Hall–Kier alpha value is -0.880. The molecule has 2 aromatic rings. The van der Waals surface area contributed by atoms with Crippen LogP contribution >= 0.6 is 34.2 Å². The Labute approximate surface area is 137 Å². The average molecular weight is 403 g/mol. The molecule has 0 saturated heterocycles. The number of hydrogen-bond donors (Lipinski definition) is 0. The lowest BCUT2D eigenvalue weighted by Gasteiger charge is -2.20. The van der Waals surface area contributed by atoms with Gasteiger partial charge in [-0.1, -0.05) is 50.6 Å². The van der Waals surface area contributed by atoms with Crippen molar-refractivity contribution >= 4 is 34.2 Å². The predicted molar refractivity (Wildman–Crippen MR) is 89.2 cm³/mol. The molecule has 20 heavy (non-hydrogen) atoms. The maximum Gasteiger partial charge on any atom is 0.168 e. The van der Waals surface area contributed by atoms with Gasteiger partial charge in [0.05, 0.1) is 9.26 Å². The molecule has 1 heterocycles. The van der Waals surface area contributed by atoms with E-state index < -0.39 is 0 Å². The van der Waals surface area contributed by atoms with Crippen molar-refractivity contribution < 1.29 is 4.74 Å². The highest BCUT2D eigenvalue weighted by molar-refractivity contribution is 14.1. The second-order valence-electron chi connectivity index (χ2n) is 5.44. The SMILES string of the molecule is CC(C)(C)c1nc(COc2ccccc2)nc(Cl)c1I. The molecule has 0 unspecified atom stereocenters. The van der Waals surface area contributed by atoms with Crippen LogP contribution in [0.15, 0.2) is 30.3 Å². The van der Waals surface area contributed by atoms with Gasteiger partial charge in [-0.15, -0.1) is 0 Å². The molecule has 0 amide bonds. The van der Waals surface area contributed by atoms with E-state index >= 15 is 0 Å². The summed E-state index contributed by atoms with van der Waals surface area (Å²) in [6.45, 7) is 6.63. The number of aromatic nitrogens is 2. The average Bonchev–Trinajstić information content (AvgIpc) is 2.40. The Kier molecular flexibility index (Phi) is 4.86. The molecule has 0 N–H and O–H groups in total. The van der Waals surface area contributed by atoms with Gasteiger partial charge in [0.2, 0.25) is 0 Å². The van der Waals surface area contributed by atoms with Crippen molar-refractivity contribution in [2.75, 3.05) is 0 Å². The third-order valence-electron chi connectivity index (χ3n) is 2.68. The fourth-order valence-corrected chi connectivity index (χ4v) is 2.93. The fourth-order valence-electron chi connectivity index (χ4n) is 1.69. The molecule has 5 heteroatoms. The highest BCUT2D eigenvalue weighted by atomic mass is 127. The number of rotatable bonds is 3. The topological polar surface area (TPSA) is 35.0 Å². The Morgan fingerprint density at radius 3 is 2.40 bits per heavy atom. The van der Waals surface area contributed by atoms with Crippen LogP contribution in [0.4, 0.5) is 0 Å². The van der Waals surface area contributed by atoms with E-state index in [1.807, 2.05) is 30.3 Å². The molecule has 0 atom stereocenters. The number of nitrogens with zero attached hydrogens (tertiary/aromatic N) is 2. The Bertz CT molecular complexity index is 597. The monoisotopic (exact) mass is 402 g/mol. The molecular formula is C15H16ClIN2O. The van der Waals surface area contributed by atoms with Crippen LogP contribution in [0, 0.1) is 3.57 Å². The molecule has 0 spiro atoms. The van der Waals surface area contributed by atoms with Crippen LogP contribution in [-0.4, -0.2) is 9.97 Å². The standard InChI is InChI=1S/C15H16ClIN2O/c1-15(2,3)13-12(17)14(16)19-11(18-13)9-20-10-7-5-4-6-8-10/h4-8H,9H2,1-3H3. The van der Waals surface area contributed by atoms with Gasteiger partial charge in [0.1, 0.15) is 17.5 Å². The van der Waals surface area contributed by atoms with Crippen LogP contribution in [-0.2, 0) is 12.0 Å². The number of ether oxygens (including phenoxy) is 1. The zero-order valence-electron chi connectivity index (χ0n) is 11.7. The molecule has 1 aromatic carbocycles. The van der Waals surface area contributed by atoms with E-state index in [1.54, 1.807) is 0 Å². The normalized spacial score (nSPS) is 11.4. The smallest absolute Gasteiger partial charge is 0.168 e. The third kappa shape index (κ3) is 3.82. The third-order valence-corrected chi connectivity index (χ3v) is 4.29. The number of benzene rings is 1. The summed E-state index contributed by atoms with van der Waals surface area (Å²) >= 11 is 8.38. The quantitative estimate of drug-likeness (QED) is 0.555. The molecule has 0 aliphatic carbocycles. The second-order valence-corrected chi connectivity index (χ2v) is 6.88. The van der Waals surface area contributed by atoms with Crippen LogP contribution < -0.4 is 4.74 Å². The van der Waals surface area contributed by atoms with Crippen molar-refractivity contribution in [3.05, 3.63) is 50.6 Å². The summed E-state index contributed by atoms with van der Waals surface area (Å²) in [6.07, 6.45) is 0. The molecule has 0 aliphatic rings. The summed E-state index contributed by atoms with van der Waals surface area (Å²) in [6, 6.07) is 9.61. The lowest BCUT2D eigenvalue weighted by molar-refractivity contribution is 0.294. The number of para-hydroxylation sites is 1. The number of halogens is 2. The second kappa shape index (κ2) is 6.26. The van der Waals surface area contributed by atoms with E-state index in [2.05, 4.69) is 53.3 Å². The fraction of sp³-hybridized carbons (Fsp3) is 0.333. The van der Waals surface area contributed by atoms with E-state index in [1.165, 1.54) is 0 Å². The lowest BCUT2D eigenvalue weighted by Crippen LogP contribution is -2.18. The lowest BCUT2D eigenvalue weighted by atomic mass is 9.92. The van der Waals surface area contributed by atoms with Gasteiger partial charge in [-0.25, -0.2) is 9.97 Å². The van der Waals surface area contributed by atoms with Gasteiger partial charge in [0.25, 0.3) is 0 Å². The first-order valence-corrected chi connectivity index (χ1v) is 7.74. The van der Waals surface area contributed by atoms with E-state index in [9.17, 15) is 0 Å². The molecule has 0 saturated carbocycles. The van der Waals surface area contributed by atoms with Crippen molar-refractivity contribution in [2.24, 2.45) is 0 Å². The summed E-state index contributed by atoms with van der Waals surface area (Å²) in [5, 5.41) is 0.484. The Morgan fingerprint density at radius 1 is 1.15 bits per heavy atom. The minimum absolute atomic E-state index is 0.0788. The van der Waals surface area contributed by atoms with Crippen molar-refractivity contribution in [3.63, 3.8) is 0 Å². The highest BCUT2D eigenvalue weighted by Gasteiger charge is 2.22. The van der Waals surface area contributed by atoms with Gasteiger partial charge in [0.15, 0.2) is 5.82 Å². The summed E-state index contributed by atoms with van der Waals surface area (Å²) in [4.78, 5) is 8.88. The molecule has 0 fully saturated rings. The maximum absolute atomic E-state index is 6.19. The van der Waals surface area contributed by atoms with Gasteiger partial charge in [-0.3, -0.25) is 0 Å². The Morgan fingerprint density at radius 2 is 1.80 bits per heavy atom. The first-order chi connectivity index (χ1) is 9.38. The van der Waals surface area contributed by atoms with Gasteiger partial charge >= 0.3 is 0 Å². The van der Waals surface area contributed by atoms with Crippen LogP contribution in [0.3, 0.4) is 0 Å². The van der Waals surface area contributed by atoms with E-state index in [4.69, 9.17) is 16.3 Å². The van der Waals surface area contributed by atoms with Gasteiger partial charge in [-0.05, 0) is 34.7 Å². The first-order valence-electron chi connectivity index (χ1n) is 6.28. The van der Waals surface area contributed by atoms with Crippen LogP contribution in [0.1, 0.15) is 32.3 Å². The molecule has 0 bridgehead atoms. The number of hydrogen-bond acceptors (Lipinski definition) is 3. The summed E-state index contributed by atoms with van der Waals surface area (Å²) in [7, 11) is 0. The van der Waals surface area contributed by atoms with Gasteiger partial charge < -0.3 is 4.74 Å². The van der Waals surface area contributed by atoms with Gasteiger partial charge in [-0.2, -0.15) is 0 Å². The zero-order valence-corrected chi connectivity index (χ0v) is 14.6. The molecule has 106 valence electrons. The predicted octanol–water partition coefficient (Wildman–Crippen LogP) is 4.61. The van der Waals surface area contributed by atoms with Crippen molar-refractivity contribution in [1.82, 2.24) is 9.97 Å². The minimum Gasteiger partial charge on any atom is -0.486 e. The maximum atomic E-state index is 6.19. The zero-order chi connectivity index (χ0) is 14.8. The summed E-state index contributed by atoms with van der Waals surface area (Å²) in [5.41, 5.74) is 0.870. The molecule has 3 nitrogen and oxygen atoms in total. The van der Waals surface area contributed by atoms with E-state index in [0.717, 1.165) is 15.0 Å². The highest BCUT2D eigenvalue weighted by Crippen LogP contribution is 2.29. The van der Waals surface area contributed by atoms with Crippen molar-refractivity contribution in [3.8, 4) is 5.75 Å². The molecular weight excluding hydrogens is 387 g/mol. The van der Waals surface area contributed by atoms with E-state index in [-0.39, 0.29) is 5.41 Å². The summed E-state index contributed by atoms with van der Waals surface area (Å²) in [5.74, 6) is 1.40. The van der Waals surface area contributed by atoms with Crippen LogP contribution in [0.5, 0.6) is 5.75 Å². The minimum atomic E-state index is -0.0788. The van der Waals surface area contributed by atoms with Gasteiger partial charge in [0, 0.05) is 5.41 Å². The Balaban J connectivity index is 2.23. The van der Waals surface area contributed by atoms with Crippen LogP contribution in [0.2, 0.25) is 5.15 Å². The molecule has 2 rings (SSSR count). The largest absolute Gasteiger partial charge is 0.486 e. The summed E-state index contributed by atoms with van der Waals surface area (Å²) < 4.78 is 6.57. The molecule has 0 radical (unpaired) electrons. The van der Waals surface area contributed by atoms with Crippen molar-refractivity contribution in [1.29, 1.82) is 0 Å².